The lowest BCUT2D eigenvalue weighted by atomic mass is 9.83. The molecule has 2 atom stereocenters. The first-order valence-electron chi connectivity index (χ1n) is 8.90. The summed E-state index contributed by atoms with van der Waals surface area (Å²) in [6.07, 6.45) is 5.89. The minimum Gasteiger partial charge on any atom is -0.481 e. The van der Waals surface area contributed by atoms with Gasteiger partial charge in [-0.3, -0.25) is 9.69 Å². The van der Waals surface area contributed by atoms with Crippen molar-refractivity contribution in [2.75, 3.05) is 13.1 Å². The van der Waals surface area contributed by atoms with Crippen molar-refractivity contribution in [3.8, 4) is 0 Å². The van der Waals surface area contributed by atoms with E-state index in [1.54, 1.807) is 0 Å². The lowest BCUT2D eigenvalue weighted by Crippen LogP contribution is -2.27. The van der Waals surface area contributed by atoms with Crippen LogP contribution in [0.1, 0.15) is 51.0 Å². The number of carboxylic acid groups (broad SMARTS) is 1. The number of benzene rings is 1. The highest BCUT2D eigenvalue weighted by molar-refractivity contribution is 6.42. The molecule has 0 amide bonds. The lowest BCUT2D eigenvalue weighted by Gasteiger charge is -2.23. The number of aliphatic carboxylic acids is 1. The van der Waals surface area contributed by atoms with Crippen molar-refractivity contribution in [2.45, 2.75) is 52.0 Å². The Labute approximate surface area is 154 Å². The number of hydrogen-bond acceptors (Lipinski definition) is 2. The van der Waals surface area contributed by atoms with Crippen LogP contribution in [0.5, 0.6) is 0 Å². The Morgan fingerprint density at radius 3 is 2.75 bits per heavy atom. The summed E-state index contributed by atoms with van der Waals surface area (Å²) < 4.78 is 0. The van der Waals surface area contributed by atoms with Crippen molar-refractivity contribution in [3.63, 3.8) is 0 Å². The zero-order valence-corrected chi connectivity index (χ0v) is 15.8. The molecule has 0 bridgehead atoms. The molecule has 134 valence electrons. The van der Waals surface area contributed by atoms with Crippen molar-refractivity contribution >= 4 is 29.2 Å². The highest BCUT2D eigenvalue weighted by atomic mass is 35.5. The molecule has 1 aliphatic rings. The van der Waals surface area contributed by atoms with E-state index in [-0.39, 0.29) is 5.92 Å². The maximum absolute atomic E-state index is 11.6. The number of nitrogens with zero attached hydrogens (tertiary/aromatic N) is 1. The number of carbonyl (C=O) groups is 1. The molecule has 1 aliphatic heterocycles. The van der Waals surface area contributed by atoms with Gasteiger partial charge in [0.2, 0.25) is 0 Å². The first kappa shape index (κ1) is 19.6. The predicted octanol–water partition coefficient (Wildman–Crippen LogP) is 5.49. The molecule has 1 heterocycles. The monoisotopic (exact) mass is 371 g/mol. The van der Waals surface area contributed by atoms with Crippen molar-refractivity contribution in [2.24, 2.45) is 11.8 Å². The van der Waals surface area contributed by atoms with Crippen molar-refractivity contribution < 1.29 is 9.90 Å². The molecule has 1 N–H and O–H groups in total. The third-order valence-electron chi connectivity index (χ3n) is 5.01. The van der Waals surface area contributed by atoms with Gasteiger partial charge >= 0.3 is 5.97 Å². The highest BCUT2D eigenvalue weighted by Crippen LogP contribution is 2.30. The Kier molecular flexibility index (Phi) is 7.86. The van der Waals surface area contributed by atoms with Crippen LogP contribution in [0.15, 0.2) is 18.2 Å². The number of hydrogen-bond donors (Lipinski definition) is 1. The number of likely N-dealkylation sites (tertiary alicyclic amines) is 1. The van der Waals surface area contributed by atoms with Crippen LogP contribution >= 0.6 is 23.2 Å². The van der Waals surface area contributed by atoms with Gasteiger partial charge in [0.05, 0.1) is 16.0 Å². The van der Waals surface area contributed by atoms with Crippen LogP contribution in [-0.2, 0) is 11.3 Å². The normalized spacial score (nSPS) is 20.5. The molecule has 0 aliphatic carbocycles. The van der Waals surface area contributed by atoms with E-state index >= 15 is 0 Å². The second kappa shape index (κ2) is 9.65. The fraction of sp³-hybridized carbons (Fsp3) is 0.632. The first-order valence-corrected chi connectivity index (χ1v) is 9.66. The van der Waals surface area contributed by atoms with Gasteiger partial charge in [-0.1, -0.05) is 49.0 Å². The van der Waals surface area contributed by atoms with Crippen LogP contribution in [0.2, 0.25) is 10.0 Å². The third kappa shape index (κ3) is 5.65. The zero-order chi connectivity index (χ0) is 17.5. The van der Waals surface area contributed by atoms with Gasteiger partial charge in [-0.25, -0.2) is 0 Å². The Bertz CT molecular complexity index is 550. The van der Waals surface area contributed by atoms with E-state index < -0.39 is 5.97 Å². The largest absolute Gasteiger partial charge is 0.481 e. The van der Waals surface area contributed by atoms with Crippen LogP contribution in [0.25, 0.3) is 0 Å². The second-order valence-corrected chi connectivity index (χ2v) is 7.62. The summed E-state index contributed by atoms with van der Waals surface area (Å²) in [5, 5.41) is 10.7. The maximum Gasteiger partial charge on any atom is 0.306 e. The molecule has 1 fully saturated rings. The summed E-state index contributed by atoms with van der Waals surface area (Å²) in [7, 11) is 0. The molecule has 0 saturated carbocycles. The highest BCUT2D eigenvalue weighted by Gasteiger charge is 2.29. The summed E-state index contributed by atoms with van der Waals surface area (Å²) in [5.74, 6) is -0.505. The van der Waals surface area contributed by atoms with E-state index in [1.165, 1.54) is 0 Å². The topological polar surface area (TPSA) is 40.5 Å². The Balaban J connectivity index is 1.93. The SMILES string of the molecule is CCCCC(C(=O)O)C1CCCN(Cc2ccc(Cl)c(Cl)c2)CC1. The average Bonchev–Trinajstić information content (AvgIpc) is 2.77. The molecule has 2 unspecified atom stereocenters. The van der Waals surface area contributed by atoms with Crippen molar-refractivity contribution in [1.29, 1.82) is 0 Å². The Morgan fingerprint density at radius 1 is 1.29 bits per heavy atom. The van der Waals surface area contributed by atoms with Gasteiger partial charge in [0, 0.05) is 6.54 Å². The van der Waals surface area contributed by atoms with E-state index in [2.05, 4.69) is 11.8 Å². The molecular formula is C19H27Cl2NO2. The second-order valence-electron chi connectivity index (χ2n) is 6.80. The van der Waals surface area contributed by atoms with Crippen LogP contribution < -0.4 is 0 Å². The first-order chi connectivity index (χ1) is 11.5. The van der Waals surface area contributed by atoms with Gasteiger partial charge in [0.15, 0.2) is 0 Å². The fourth-order valence-corrected chi connectivity index (χ4v) is 3.94. The van der Waals surface area contributed by atoms with Crippen LogP contribution in [0.4, 0.5) is 0 Å². The van der Waals surface area contributed by atoms with Crippen LogP contribution in [0.3, 0.4) is 0 Å². The third-order valence-corrected chi connectivity index (χ3v) is 5.75. The molecule has 5 heteroatoms. The van der Waals surface area contributed by atoms with Crippen molar-refractivity contribution in [3.05, 3.63) is 33.8 Å². The quantitative estimate of drug-likeness (QED) is 0.688. The molecule has 1 saturated heterocycles. The van der Waals surface area contributed by atoms with E-state index in [4.69, 9.17) is 23.2 Å². The smallest absolute Gasteiger partial charge is 0.306 e. The van der Waals surface area contributed by atoms with Gasteiger partial charge in [-0.05, 0) is 62.4 Å². The fourth-order valence-electron chi connectivity index (χ4n) is 3.62. The Hall–Kier alpha value is -0.770. The number of carboxylic acids is 1. The molecule has 0 aromatic heterocycles. The van der Waals surface area contributed by atoms with Crippen LogP contribution in [-0.4, -0.2) is 29.1 Å². The molecular weight excluding hydrogens is 345 g/mol. The molecule has 2 rings (SSSR count). The number of halogens is 2. The van der Waals surface area contributed by atoms with Crippen LogP contribution in [0, 0.1) is 11.8 Å². The summed E-state index contributed by atoms with van der Waals surface area (Å²) in [4.78, 5) is 14.0. The zero-order valence-electron chi connectivity index (χ0n) is 14.3. The van der Waals surface area contributed by atoms with Gasteiger partial charge < -0.3 is 5.11 Å². The molecule has 24 heavy (non-hydrogen) atoms. The molecule has 3 nitrogen and oxygen atoms in total. The Morgan fingerprint density at radius 2 is 2.08 bits per heavy atom. The molecule has 0 radical (unpaired) electrons. The summed E-state index contributed by atoms with van der Waals surface area (Å²) in [6.45, 7) is 4.92. The van der Waals surface area contributed by atoms with Gasteiger partial charge in [0.1, 0.15) is 0 Å². The molecule has 1 aromatic rings. The minimum atomic E-state index is -0.619. The number of rotatable bonds is 7. The van der Waals surface area contributed by atoms with E-state index in [0.29, 0.717) is 16.0 Å². The van der Waals surface area contributed by atoms with E-state index in [9.17, 15) is 9.90 Å². The van der Waals surface area contributed by atoms with Gasteiger partial charge in [-0.2, -0.15) is 0 Å². The average molecular weight is 372 g/mol. The minimum absolute atomic E-state index is 0.185. The van der Waals surface area contributed by atoms with E-state index in [1.807, 2.05) is 18.2 Å². The summed E-state index contributed by atoms with van der Waals surface area (Å²) in [5.41, 5.74) is 1.16. The standard InChI is InChI=1S/C19H27Cl2NO2/c1-2-3-6-16(19(23)24)15-5-4-10-22(11-9-15)13-14-7-8-17(20)18(21)12-14/h7-8,12,15-16H,2-6,9-11,13H2,1H3,(H,23,24). The summed E-state index contributed by atoms with van der Waals surface area (Å²) in [6, 6.07) is 5.77. The van der Waals surface area contributed by atoms with E-state index in [0.717, 1.165) is 63.7 Å². The maximum atomic E-state index is 11.6. The van der Waals surface area contributed by atoms with Gasteiger partial charge in [-0.15, -0.1) is 0 Å². The van der Waals surface area contributed by atoms with Gasteiger partial charge in [0.25, 0.3) is 0 Å². The predicted molar refractivity (Wildman–Crippen MR) is 99.7 cm³/mol. The van der Waals surface area contributed by atoms with Crippen molar-refractivity contribution in [1.82, 2.24) is 4.90 Å². The molecule has 1 aromatic carbocycles. The summed E-state index contributed by atoms with van der Waals surface area (Å²) >= 11 is 12.1. The molecule has 0 spiro atoms. The lowest BCUT2D eigenvalue weighted by molar-refractivity contribution is -0.144. The number of unbranched alkanes of at least 4 members (excludes halogenated alkanes) is 1.